The lowest BCUT2D eigenvalue weighted by atomic mass is 9.88. The molecule has 3 aliphatic heterocycles. The monoisotopic (exact) mass is 950 g/mol. The number of benzene rings is 1. The van der Waals surface area contributed by atoms with Crippen LogP contribution in [-0.2, 0) is 43.2 Å². The van der Waals surface area contributed by atoms with Gasteiger partial charge in [0.05, 0.1) is 46.5 Å². The second-order valence-corrected chi connectivity index (χ2v) is 21.1. The van der Waals surface area contributed by atoms with Crippen LogP contribution >= 0.6 is 11.3 Å². The summed E-state index contributed by atoms with van der Waals surface area (Å²) < 4.78 is 46.2. The quantitative estimate of drug-likeness (QED) is 0.145. The zero-order valence-corrected chi connectivity index (χ0v) is 40.9. The normalized spacial score (nSPS) is 24.4. The predicted octanol–water partition coefficient (Wildman–Crippen LogP) is 8.66. The van der Waals surface area contributed by atoms with Crippen molar-refractivity contribution in [3.05, 3.63) is 87.3 Å². The summed E-state index contributed by atoms with van der Waals surface area (Å²) >= 11 is 1.29. The topological polar surface area (TPSA) is 144 Å². The fraction of sp³-hybridized carbons (Fsp3) is 0.538. The van der Waals surface area contributed by atoms with Crippen molar-refractivity contribution in [2.45, 2.75) is 128 Å². The lowest BCUT2D eigenvalue weighted by Crippen LogP contribution is -2.60. The Morgan fingerprint density at radius 2 is 1.82 bits per heavy atom. The number of thiazole rings is 1. The van der Waals surface area contributed by atoms with Crippen molar-refractivity contribution in [2.75, 3.05) is 40.4 Å². The Kier molecular flexibility index (Phi) is 14.1. The first kappa shape index (κ1) is 47.9. The SMILES string of the molecule is CCc1c(-c2cc(C3CCCCN(C)CCC3)cnc2[C@H](C)OC)n2c3c(F)c(ccc13)-c1csc(n1)C[C@H](NC(=O)[C@H]1C[C@@H]1c1cncc(F)c1)C(=O)N1CCC[C@H](N1)C(=O)OCC(C)(C)C2. The molecule has 2 amide bonds. The van der Waals surface area contributed by atoms with E-state index in [1.165, 1.54) is 28.0 Å². The van der Waals surface area contributed by atoms with Crippen LogP contribution in [0.15, 0.2) is 48.2 Å². The number of cyclic esters (lactones) is 1. The van der Waals surface area contributed by atoms with E-state index in [0.29, 0.717) is 72.0 Å². The van der Waals surface area contributed by atoms with E-state index in [0.717, 1.165) is 79.3 Å². The van der Waals surface area contributed by atoms with Crippen molar-refractivity contribution >= 4 is 40.0 Å². The Morgan fingerprint density at radius 3 is 2.62 bits per heavy atom. The number of rotatable bonds is 8. The summed E-state index contributed by atoms with van der Waals surface area (Å²) in [5.74, 6) is -2.56. The minimum absolute atomic E-state index is 0.0213. The molecule has 4 aliphatic rings. The predicted molar refractivity (Wildman–Crippen MR) is 258 cm³/mol. The smallest absolute Gasteiger partial charge is 0.324 e. The standard InChI is InChI=1S/C52H64F2N8O5S/c1-7-35-36-15-16-37-43-27-68-44(57-43)23-42(58-49(63)39-22-38(39)33-20-34(53)26-55-24-33)50(64)62-19-11-14-41(59-62)51(65)67-29-52(3,4)28-61(48(36)45(37)54)47(35)40-21-32(25-56-46(40)30(2)66-6)31-12-8-9-17-60(5)18-10-13-31/h15-16,20-21,24-27,30-31,38-39,41-42,59H,7-14,17-19,22-23,28-29H2,1-6H3,(H,58,63)/t30-,31?,38+,39-,41-,42-/m0/s1. The van der Waals surface area contributed by atoms with Crippen molar-refractivity contribution in [3.8, 4) is 22.5 Å². The molecule has 68 heavy (non-hydrogen) atoms. The van der Waals surface area contributed by atoms with Crippen molar-refractivity contribution in [2.24, 2.45) is 11.3 Å². The molecule has 5 aromatic rings. The molecule has 9 rings (SSSR count). The van der Waals surface area contributed by atoms with E-state index in [1.54, 1.807) is 24.8 Å². The van der Waals surface area contributed by atoms with Gasteiger partial charge in [-0.15, -0.1) is 11.3 Å². The van der Waals surface area contributed by atoms with Gasteiger partial charge in [-0.25, -0.2) is 19.2 Å². The van der Waals surface area contributed by atoms with Crippen LogP contribution in [0.4, 0.5) is 8.78 Å². The molecule has 2 N–H and O–H groups in total. The lowest BCUT2D eigenvalue weighted by Gasteiger charge is -2.35. The molecule has 362 valence electrons. The number of nitrogens with zero attached hydrogens (tertiary/aromatic N) is 6. The van der Waals surface area contributed by atoms with E-state index in [1.807, 2.05) is 33.0 Å². The summed E-state index contributed by atoms with van der Waals surface area (Å²) in [4.78, 5) is 58.7. The summed E-state index contributed by atoms with van der Waals surface area (Å²) in [5, 5.41) is 7.48. The average molecular weight is 951 g/mol. The highest BCUT2D eigenvalue weighted by Crippen LogP contribution is 2.48. The molecule has 2 saturated heterocycles. The van der Waals surface area contributed by atoms with Gasteiger partial charge in [-0.2, -0.15) is 0 Å². The van der Waals surface area contributed by atoms with Gasteiger partial charge in [0.25, 0.3) is 5.91 Å². The summed E-state index contributed by atoms with van der Waals surface area (Å²) in [7, 11) is 3.88. The van der Waals surface area contributed by atoms with E-state index >= 15 is 4.39 Å². The van der Waals surface area contributed by atoms with Crippen LogP contribution in [0.5, 0.6) is 0 Å². The Hall–Kier alpha value is -5.16. The van der Waals surface area contributed by atoms with Crippen LogP contribution in [0, 0.1) is 23.0 Å². The maximum absolute atomic E-state index is 17.9. The van der Waals surface area contributed by atoms with Crippen molar-refractivity contribution in [3.63, 3.8) is 0 Å². The fourth-order valence-corrected chi connectivity index (χ4v) is 11.5. The molecule has 16 heteroatoms. The molecule has 3 fully saturated rings. The van der Waals surface area contributed by atoms with E-state index in [4.69, 9.17) is 19.4 Å². The zero-order valence-electron chi connectivity index (χ0n) is 40.1. The summed E-state index contributed by atoms with van der Waals surface area (Å²) in [6.07, 6.45) is 11.9. The molecule has 0 spiro atoms. The van der Waals surface area contributed by atoms with Crippen LogP contribution in [0.2, 0.25) is 0 Å². The third-order valence-corrected chi connectivity index (χ3v) is 15.4. The Bertz CT molecular complexity index is 2690. The third-order valence-electron chi connectivity index (χ3n) is 14.5. The number of halogens is 2. The first-order valence-electron chi connectivity index (χ1n) is 24.4. The van der Waals surface area contributed by atoms with Crippen molar-refractivity contribution in [1.82, 2.24) is 40.2 Å². The number of hydrazine groups is 1. The number of aryl methyl sites for hydroxylation is 1. The Labute approximate surface area is 401 Å². The summed E-state index contributed by atoms with van der Waals surface area (Å²) in [6, 6.07) is 5.56. The third kappa shape index (κ3) is 9.97. The van der Waals surface area contributed by atoms with Gasteiger partial charge in [0.1, 0.15) is 17.9 Å². The van der Waals surface area contributed by atoms with Gasteiger partial charge in [-0.3, -0.25) is 29.4 Å². The molecule has 1 aliphatic carbocycles. The molecular weight excluding hydrogens is 887 g/mol. The van der Waals surface area contributed by atoms with E-state index < -0.39 is 46.9 Å². The molecule has 1 unspecified atom stereocenters. The van der Waals surface area contributed by atoms with Gasteiger partial charge >= 0.3 is 5.97 Å². The number of hydrogen-bond donors (Lipinski definition) is 2. The highest BCUT2D eigenvalue weighted by Gasteiger charge is 2.46. The second-order valence-electron chi connectivity index (χ2n) is 20.2. The number of ether oxygens (including phenoxy) is 2. The number of fused-ring (bicyclic) bond motifs is 6. The number of carbonyl (C=O) groups is 3. The lowest BCUT2D eigenvalue weighted by molar-refractivity contribution is -0.155. The largest absolute Gasteiger partial charge is 0.464 e. The minimum Gasteiger partial charge on any atom is -0.464 e. The number of hydrogen-bond acceptors (Lipinski definition) is 11. The van der Waals surface area contributed by atoms with Gasteiger partial charge in [0.2, 0.25) is 5.91 Å². The number of esters is 1. The van der Waals surface area contributed by atoms with Gasteiger partial charge in [-0.05, 0) is 125 Å². The molecular formula is C52H64F2N8O5S. The first-order valence-corrected chi connectivity index (χ1v) is 25.3. The zero-order chi connectivity index (χ0) is 47.9. The molecule has 6 bridgehead atoms. The number of carbonyl (C=O) groups excluding carboxylic acids is 3. The molecule has 4 aromatic heterocycles. The number of methoxy groups -OCH3 is 1. The van der Waals surface area contributed by atoms with Crippen LogP contribution in [-0.4, -0.2) is 99.7 Å². The van der Waals surface area contributed by atoms with E-state index in [-0.39, 0.29) is 31.0 Å². The minimum atomic E-state index is -1.06. The second kappa shape index (κ2) is 20.1. The molecule has 6 atom stereocenters. The first-order chi connectivity index (χ1) is 32.7. The Morgan fingerprint density at radius 1 is 1.03 bits per heavy atom. The molecule has 13 nitrogen and oxygen atoms in total. The van der Waals surface area contributed by atoms with Crippen LogP contribution in [0.3, 0.4) is 0 Å². The highest BCUT2D eigenvalue weighted by molar-refractivity contribution is 7.10. The number of nitrogens with one attached hydrogen (secondary N) is 2. The van der Waals surface area contributed by atoms with Crippen molar-refractivity contribution in [1.29, 1.82) is 0 Å². The molecule has 1 aromatic carbocycles. The van der Waals surface area contributed by atoms with Gasteiger partial charge in [0.15, 0.2) is 5.82 Å². The van der Waals surface area contributed by atoms with Gasteiger partial charge in [-0.1, -0.05) is 33.3 Å². The number of amides is 2. The van der Waals surface area contributed by atoms with E-state index in [2.05, 4.69) is 45.2 Å². The van der Waals surface area contributed by atoms with Gasteiger partial charge < -0.3 is 24.3 Å². The molecule has 7 heterocycles. The summed E-state index contributed by atoms with van der Waals surface area (Å²) in [6.45, 7) is 10.9. The van der Waals surface area contributed by atoms with Crippen LogP contribution in [0.1, 0.15) is 124 Å². The Balaban J connectivity index is 1.14. The van der Waals surface area contributed by atoms with E-state index in [9.17, 15) is 18.8 Å². The highest BCUT2D eigenvalue weighted by atomic mass is 32.1. The van der Waals surface area contributed by atoms with Crippen LogP contribution in [0.25, 0.3) is 33.4 Å². The van der Waals surface area contributed by atoms with Gasteiger partial charge in [0, 0.05) is 72.2 Å². The van der Waals surface area contributed by atoms with Crippen LogP contribution < -0.4 is 10.7 Å². The molecule has 0 radical (unpaired) electrons. The molecule has 1 saturated carbocycles. The van der Waals surface area contributed by atoms with Crippen molar-refractivity contribution < 1.29 is 32.6 Å². The fourth-order valence-electron chi connectivity index (χ4n) is 10.6. The summed E-state index contributed by atoms with van der Waals surface area (Å²) in [5.41, 5.74) is 8.91. The number of pyridine rings is 2. The average Bonchev–Trinajstić information content (AvgIpc) is 3.88. The maximum Gasteiger partial charge on any atom is 0.324 e. The number of aromatic nitrogens is 4. The maximum atomic E-state index is 17.9.